The highest BCUT2D eigenvalue weighted by molar-refractivity contribution is 9.11. The zero-order valence-corrected chi connectivity index (χ0v) is 14.8. The number of benzene rings is 2. The number of hydrogen-bond acceptors (Lipinski definition) is 1. The largest absolute Gasteiger partial charge is 0.207 e. The van der Waals surface area contributed by atoms with Gasteiger partial charge in [-0.2, -0.15) is 0 Å². The molecule has 5 heteroatoms. The highest BCUT2D eigenvalue weighted by Crippen LogP contribution is 2.42. The van der Waals surface area contributed by atoms with Crippen LogP contribution in [0, 0.1) is 5.82 Å². The minimum atomic E-state index is -0.520. The Morgan fingerprint density at radius 3 is 2.50 bits per heavy atom. The first-order valence-corrected chi connectivity index (χ1v) is 8.73. The lowest BCUT2D eigenvalue weighted by Gasteiger charge is -2.12. The normalized spacial score (nSPS) is 12.8. The monoisotopic (exact) mass is 432 g/mol. The maximum Gasteiger partial charge on any atom is 0.129 e. The second kappa shape index (κ2) is 5.76. The maximum atomic E-state index is 14.1. The Bertz CT molecular complexity index is 764. The molecule has 2 aromatic carbocycles. The van der Waals surface area contributed by atoms with Crippen molar-refractivity contribution in [2.75, 3.05) is 0 Å². The van der Waals surface area contributed by atoms with Gasteiger partial charge in [0.1, 0.15) is 5.82 Å². The summed E-state index contributed by atoms with van der Waals surface area (Å²) < 4.78 is 16.9. The first kappa shape index (κ1) is 14.5. The molecule has 1 aromatic heterocycles. The van der Waals surface area contributed by atoms with Crippen molar-refractivity contribution in [3.05, 3.63) is 67.7 Å². The van der Waals surface area contributed by atoms with E-state index in [1.807, 2.05) is 23.6 Å². The molecular weight excluding hydrogens is 426 g/mol. The van der Waals surface area contributed by atoms with Gasteiger partial charge in [0, 0.05) is 19.2 Å². The molecule has 3 aromatic rings. The Labute approximate surface area is 141 Å². The maximum absolute atomic E-state index is 14.1. The summed E-state index contributed by atoms with van der Waals surface area (Å²) in [5.41, 5.74) is 1.41. The molecule has 1 atom stereocenters. The van der Waals surface area contributed by atoms with Crippen molar-refractivity contribution >= 4 is 64.9 Å². The van der Waals surface area contributed by atoms with Gasteiger partial charge in [-0.05, 0) is 50.5 Å². The number of fused-ring (bicyclic) bond motifs is 1. The fraction of sp³-hybridized carbons (Fsp3) is 0.0667. The second-order valence-electron chi connectivity index (χ2n) is 4.31. The van der Waals surface area contributed by atoms with Crippen LogP contribution in [0.1, 0.15) is 16.5 Å². The van der Waals surface area contributed by atoms with Gasteiger partial charge in [0.2, 0.25) is 0 Å². The van der Waals surface area contributed by atoms with Crippen LogP contribution in [-0.2, 0) is 0 Å². The van der Waals surface area contributed by atoms with Crippen LogP contribution < -0.4 is 0 Å². The number of alkyl halides is 1. The first-order valence-electron chi connectivity index (χ1n) is 5.83. The van der Waals surface area contributed by atoms with Crippen molar-refractivity contribution in [3.63, 3.8) is 0 Å². The number of hydrogen-bond donors (Lipinski definition) is 0. The SMILES string of the molecule is Fc1cccc(Br)c1C(Cl)c1csc2c(Br)cccc12. The summed E-state index contributed by atoms with van der Waals surface area (Å²) >= 11 is 15.1. The Morgan fingerprint density at radius 1 is 1.05 bits per heavy atom. The van der Waals surface area contributed by atoms with Crippen molar-refractivity contribution in [3.8, 4) is 0 Å². The zero-order chi connectivity index (χ0) is 14.3. The third kappa shape index (κ3) is 2.43. The summed E-state index contributed by atoms with van der Waals surface area (Å²) in [7, 11) is 0. The third-order valence-corrected chi connectivity index (χ3v) is 6.22. The molecule has 0 nitrogen and oxygen atoms in total. The highest BCUT2D eigenvalue weighted by atomic mass is 79.9. The van der Waals surface area contributed by atoms with Gasteiger partial charge in [-0.1, -0.05) is 34.1 Å². The zero-order valence-electron chi connectivity index (χ0n) is 10.0. The topological polar surface area (TPSA) is 0 Å². The summed E-state index contributed by atoms with van der Waals surface area (Å²) in [6, 6.07) is 10.9. The lowest BCUT2D eigenvalue weighted by Crippen LogP contribution is -1.97. The van der Waals surface area contributed by atoms with Crippen LogP contribution in [0.5, 0.6) is 0 Å². The molecule has 0 aliphatic carbocycles. The van der Waals surface area contributed by atoms with Gasteiger partial charge in [-0.3, -0.25) is 0 Å². The predicted octanol–water partition coefficient (Wildman–Crippen LogP) is 6.89. The second-order valence-corrected chi connectivity index (χ2v) is 7.33. The standard InChI is InChI=1S/C15H8Br2ClFS/c16-10-4-2-6-12(19)13(10)14(18)9-7-20-15-8(9)3-1-5-11(15)17/h1-7,14H. The fourth-order valence-corrected chi connectivity index (χ4v) is 4.97. The molecule has 20 heavy (non-hydrogen) atoms. The molecule has 102 valence electrons. The molecule has 0 spiro atoms. The molecule has 1 unspecified atom stereocenters. The summed E-state index contributed by atoms with van der Waals surface area (Å²) in [5.74, 6) is -0.297. The van der Waals surface area contributed by atoms with Gasteiger partial charge in [0.25, 0.3) is 0 Å². The molecule has 1 heterocycles. The van der Waals surface area contributed by atoms with Gasteiger partial charge >= 0.3 is 0 Å². The van der Waals surface area contributed by atoms with E-state index in [2.05, 4.69) is 31.9 Å². The summed E-state index contributed by atoms with van der Waals surface area (Å²) in [6.07, 6.45) is 0. The van der Waals surface area contributed by atoms with Gasteiger partial charge < -0.3 is 0 Å². The molecular formula is C15H8Br2ClFS. The van der Waals surface area contributed by atoms with E-state index in [0.717, 1.165) is 20.1 Å². The summed E-state index contributed by atoms with van der Waals surface area (Å²) in [4.78, 5) is 0. The van der Waals surface area contributed by atoms with Crippen molar-refractivity contribution in [2.45, 2.75) is 5.38 Å². The van der Waals surface area contributed by atoms with Crippen molar-refractivity contribution in [1.29, 1.82) is 0 Å². The number of halogens is 4. The molecule has 3 rings (SSSR count). The van der Waals surface area contributed by atoms with E-state index in [1.165, 1.54) is 6.07 Å². The van der Waals surface area contributed by atoms with Crippen LogP contribution in [0.15, 0.2) is 50.7 Å². The van der Waals surface area contributed by atoms with Gasteiger partial charge in [-0.15, -0.1) is 22.9 Å². The molecule has 0 radical (unpaired) electrons. The lowest BCUT2D eigenvalue weighted by atomic mass is 10.0. The average molecular weight is 435 g/mol. The molecule has 0 fully saturated rings. The summed E-state index contributed by atoms with van der Waals surface area (Å²) in [6.45, 7) is 0. The van der Waals surface area contributed by atoms with E-state index >= 15 is 0 Å². The fourth-order valence-electron chi connectivity index (χ4n) is 2.15. The molecule has 0 aliphatic rings. The van der Waals surface area contributed by atoms with Gasteiger partial charge in [0.15, 0.2) is 0 Å². The lowest BCUT2D eigenvalue weighted by molar-refractivity contribution is 0.611. The van der Waals surface area contributed by atoms with Crippen LogP contribution in [-0.4, -0.2) is 0 Å². The van der Waals surface area contributed by atoms with Crippen LogP contribution >= 0.6 is 54.8 Å². The minimum absolute atomic E-state index is 0.297. The Kier molecular flexibility index (Phi) is 4.18. The van der Waals surface area contributed by atoms with Crippen molar-refractivity contribution in [2.24, 2.45) is 0 Å². The van der Waals surface area contributed by atoms with E-state index in [-0.39, 0.29) is 5.82 Å². The average Bonchev–Trinajstić information content (AvgIpc) is 2.83. The van der Waals surface area contributed by atoms with E-state index in [1.54, 1.807) is 23.5 Å². The molecule has 0 saturated carbocycles. The Balaban J connectivity index is 2.18. The van der Waals surface area contributed by atoms with E-state index < -0.39 is 5.38 Å². The number of rotatable bonds is 2. The molecule has 0 bridgehead atoms. The smallest absolute Gasteiger partial charge is 0.129 e. The predicted molar refractivity (Wildman–Crippen MR) is 91.3 cm³/mol. The molecule has 0 amide bonds. The van der Waals surface area contributed by atoms with E-state index in [4.69, 9.17) is 11.6 Å². The van der Waals surface area contributed by atoms with Gasteiger partial charge in [0.05, 0.1) is 5.38 Å². The van der Waals surface area contributed by atoms with Crippen molar-refractivity contribution in [1.82, 2.24) is 0 Å². The van der Waals surface area contributed by atoms with Crippen LogP contribution in [0.25, 0.3) is 10.1 Å². The third-order valence-electron chi connectivity index (χ3n) is 3.11. The Hall–Kier alpha value is -0.420. The molecule has 0 aliphatic heterocycles. The highest BCUT2D eigenvalue weighted by Gasteiger charge is 2.21. The van der Waals surface area contributed by atoms with Crippen LogP contribution in [0.2, 0.25) is 0 Å². The first-order chi connectivity index (χ1) is 9.59. The van der Waals surface area contributed by atoms with Crippen molar-refractivity contribution < 1.29 is 4.39 Å². The summed E-state index contributed by atoms with van der Waals surface area (Å²) in [5, 5.41) is 2.53. The van der Waals surface area contributed by atoms with E-state index in [0.29, 0.717) is 10.0 Å². The van der Waals surface area contributed by atoms with Crippen LogP contribution in [0.3, 0.4) is 0 Å². The minimum Gasteiger partial charge on any atom is -0.207 e. The Morgan fingerprint density at radius 2 is 1.75 bits per heavy atom. The molecule has 0 saturated heterocycles. The quantitative estimate of drug-likeness (QED) is 0.385. The van der Waals surface area contributed by atoms with E-state index in [9.17, 15) is 4.39 Å². The van der Waals surface area contributed by atoms with Crippen LogP contribution in [0.4, 0.5) is 4.39 Å². The number of thiophene rings is 1. The van der Waals surface area contributed by atoms with Gasteiger partial charge in [-0.25, -0.2) is 4.39 Å². The molecule has 0 N–H and O–H groups in total.